The number of epoxide rings is 1. The highest BCUT2D eigenvalue weighted by molar-refractivity contribution is 9.10. The predicted octanol–water partition coefficient (Wildman–Crippen LogP) is 2.45. The van der Waals surface area contributed by atoms with Crippen molar-refractivity contribution < 1.29 is 4.74 Å². The third-order valence-corrected chi connectivity index (χ3v) is 2.91. The number of hydrogen-bond donors (Lipinski definition) is 0. The second-order valence-electron chi connectivity index (χ2n) is 3.14. The van der Waals surface area contributed by atoms with Crippen LogP contribution in [0, 0.1) is 0 Å². The van der Waals surface area contributed by atoms with E-state index in [9.17, 15) is 0 Å². The lowest BCUT2D eigenvalue weighted by Crippen LogP contribution is -1.87. The van der Waals surface area contributed by atoms with E-state index < -0.39 is 0 Å². The van der Waals surface area contributed by atoms with E-state index in [0.29, 0.717) is 12.2 Å². The van der Waals surface area contributed by atoms with Crippen molar-refractivity contribution in [3.8, 4) is 0 Å². The first-order chi connectivity index (χ1) is 5.34. The van der Waals surface area contributed by atoms with Gasteiger partial charge < -0.3 is 4.74 Å². The van der Waals surface area contributed by atoms with Crippen LogP contribution in [0.25, 0.3) is 0 Å². The summed E-state index contributed by atoms with van der Waals surface area (Å²) >= 11 is 3.46. The van der Waals surface area contributed by atoms with Crippen molar-refractivity contribution in [2.24, 2.45) is 0 Å². The monoisotopic (exact) mass is 210 g/mol. The average Bonchev–Trinajstić information content (AvgIpc) is 2.63. The van der Waals surface area contributed by atoms with E-state index in [4.69, 9.17) is 4.74 Å². The number of benzene rings is 1. The maximum absolute atomic E-state index is 5.40. The van der Waals surface area contributed by atoms with Crippen molar-refractivity contribution in [1.29, 1.82) is 0 Å². The van der Waals surface area contributed by atoms with Gasteiger partial charge in [0.2, 0.25) is 0 Å². The highest BCUT2D eigenvalue weighted by Gasteiger charge is 2.46. The van der Waals surface area contributed by atoms with Crippen LogP contribution in [0.4, 0.5) is 0 Å². The van der Waals surface area contributed by atoms with E-state index in [-0.39, 0.29) is 0 Å². The van der Waals surface area contributed by atoms with Gasteiger partial charge in [-0.15, -0.1) is 0 Å². The van der Waals surface area contributed by atoms with Gasteiger partial charge >= 0.3 is 0 Å². The van der Waals surface area contributed by atoms with Crippen LogP contribution in [0.3, 0.4) is 0 Å². The molecule has 11 heavy (non-hydrogen) atoms. The van der Waals surface area contributed by atoms with Gasteiger partial charge in [-0.05, 0) is 23.3 Å². The van der Waals surface area contributed by atoms with Gasteiger partial charge in [-0.3, -0.25) is 0 Å². The van der Waals surface area contributed by atoms with E-state index in [1.54, 1.807) is 0 Å². The third-order valence-electron chi connectivity index (χ3n) is 2.42. The molecule has 2 aliphatic rings. The van der Waals surface area contributed by atoms with E-state index in [0.717, 1.165) is 6.42 Å². The fraction of sp³-hybridized carbons (Fsp3) is 0.333. The highest BCUT2D eigenvalue weighted by Crippen LogP contribution is 2.48. The highest BCUT2D eigenvalue weighted by atomic mass is 79.9. The van der Waals surface area contributed by atoms with Crippen molar-refractivity contribution in [2.45, 2.75) is 18.6 Å². The average molecular weight is 211 g/mol. The van der Waals surface area contributed by atoms with Gasteiger partial charge in [0, 0.05) is 10.9 Å². The summed E-state index contributed by atoms with van der Waals surface area (Å²) in [6, 6.07) is 6.45. The van der Waals surface area contributed by atoms with Gasteiger partial charge in [0.05, 0.1) is 6.10 Å². The van der Waals surface area contributed by atoms with Gasteiger partial charge in [0.25, 0.3) is 0 Å². The minimum Gasteiger partial charge on any atom is -0.364 e. The summed E-state index contributed by atoms with van der Waals surface area (Å²) in [6.45, 7) is 0. The fourth-order valence-corrected chi connectivity index (χ4v) is 2.23. The smallest absolute Gasteiger partial charge is 0.110 e. The van der Waals surface area contributed by atoms with Gasteiger partial charge in [0.15, 0.2) is 0 Å². The maximum Gasteiger partial charge on any atom is 0.110 e. The molecular formula is C9H7BrO. The fourth-order valence-electron chi connectivity index (χ4n) is 1.82. The molecule has 0 bridgehead atoms. The summed E-state index contributed by atoms with van der Waals surface area (Å²) < 4.78 is 6.58. The second-order valence-corrected chi connectivity index (χ2v) is 4.06. The van der Waals surface area contributed by atoms with Crippen LogP contribution in [0.15, 0.2) is 22.7 Å². The number of halogens is 1. The summed E-state index contributed by atoms with van der Waals surface area (Å²) in [4.78, 5) is 0. The van der Waals surface area contributed by atoms with Crippen LogP contribution in [0.2, 0.25) is 0 Å². The molecule has 1 aromatic carbocycles. The topological polar surface area (TPSA) is 12.5 Å². The molecule has 0 aromatic heterocycles. The number of fused-ring (bicyclic) bond motifs is 3. The molecule has 1 nitrogen and oxygen atoms in total. The molecule has 0 unspecified atom stereocenters. The summed E-state index contributed by atoms with van der Waals surface area (Å²) in [7, 11) is 0. The van der Waals surface area contributed by atoms with E-state index in [2.05, 4.69) is 34.1 Å². The Hall–Kier alpha value is -0.340. The largest absolute Gasteiger partial charge is 0.364 e. The van der Waals surface area contributed by atoms with Crippen molar-refractivity contribution in [1.82, 2.24) is 0 Å². The molecule has 2 heteroatoms. The van der Waals surface area contributed by atoms with Crippen LogP contribution in [-0.4, -0.2) is 6.10 Å². The Bertz CT molecular complexity index is 321. The Morgan fingerprint density at radius 2 is 2.36 bits per heavy atom. The molecule has 0 radical (unpaired) electrons. The molecule has 1 aromatic rings. The molecule has 1 heterocycles. The van der Waals surface area contributed by atoms with Crippen LogP contribution in [0.5, 0.6) is 0 Å². The molecule has 0 N–H and O–H groups in total. The first-order valence-corrected chi connectivity index (χ1v) is 4.58. The summed E-state index contributed by atoms with van der Waals surface area (Å²) in [5, 5.41) is 0. The van der Waals surface area contributed by atoms with Crippen LogP contribution in [0.1, 0.15) is 17.2 Å². The van der Waals surface area contributed by atoms with Gasteiger partial charge in [-0.25, -0.2) is 0 Å². The molecule has 1 fully saturated rings. The maximum atomic E-state index is 5.40. The lowest BCUT2D eigenvalue weighted by molar-refractivity contribution is 0.361. The van der Waals surface area contributed by atoms with E-state index >= 15 is 0 Å². The molecule has 0 saturated carbocycles. The lowest BCUT2D eigenvalue weighted by atomic mass is 10.1. The Morgan fingerprint density at radius 3 is 3.27 bits per heavy atom. The SMILES string of the molecule is Brc1ccc2c(c1)C[C@@H]1O[C@H]21. The van der Waals surface area contributed by atoms with Crippen molar-refractivity contribution in [3.63, 3.8) is 0 Å². The van der Waals surface area contributed by atoms with Gasteiger partial charge in [-0.2, -0.15) is 0 Å². The molecule has 1 aliphatic carbocycles. The Balaban J connectivity index is 2.18. The lowest BCUT2D eigenvalue weighted by Gasteiger charge is -2.00. The first-order valence-electron chi connectivity index (χ1n) is 3.78. The van der Waals surface area contributed by atoms with E-state index in [1.807, 2.05) is 0 Å². The predicted molar refractivity (Wildman–Crippen MR) is 45.5 cm³/mol. The molecule has 1 aliphatic heterocycles. The minimum atomic E-state index is 0.443. The van der Waals surface area contributed by atoms with E-state index in [1.165, 1.54) is 15.6 Å². The van der Waals surface area contributed by atoms with Crippen LogP contribution >= 0.6 is 15.9 Å². The minimum absolute atomic E-state index is 0.443. The number of ether oxygens (including phenoxy) is 1. The van der Waals surface area contributed by atoms with Crippen LogP contribution in [-0.2, 0) is 11.2 Å². The second kappa shape index (κ2) is 1.87. The number of hydrogen-bond acceptors (Lipinski definition) is 1. The Kier molecular flexibility index (Phi) is 1.06. The molecule has 0 amide bonds. The normalized spacial score (nSPS) is 31.4. The summed E-state index contributed by atoms with van der Waals surface area (Å²) in [6.07, 6.45) is 2.07. The van der Waals surface area contributed by atoms with Crippen molar-refractivity contribution in [2.75, 3.05) is 0 Å². The van der Waals surface area contributed by atoms with Crippen molar-refractivity contribution in [3.05, 3.63) is 33.8 Å². The number of rotatable bonds is 0. The Labute approximate surface area is 73.5 Å². The third kappa shape index (κ3) is 0.797. The standard InChI is InChI=1S/C9H7BrO/c10-6-1-2-7-5(3-6)4-8-9(7)11-8/h1-3,8-9H,4H2/t8-,9+/m0/s1. The zero-order valence-electron chi connectivity index (χ0n) is 5.88. The molecule has 56 valence electrons. The first kappa shape index (κ1) is 6.21. The van der Waals surface area contributed by atoms with Gasteiger partial charge in [0.1, 0.15) is 6.10 Å². The van der Waals surface area contributed by atoms with Gasteiger partial charge in [-0.1, -0.05) is 22.0 Å². The molecule has 0 spiro atoms. The van der Waals surface area contributed by atoms with Crippen molar-refractivity contribution >= 4 is 15.9 Å². The summed E-state index contributed by atoms with van der Waals surface area (Å²) in [5.74, 6) is 0. The zero-order chi connectivity index (χ0) is 7.42. The molecule has 2 atom stereocenters. The zero-order valence-corrected chi connectivity index (χ0v) is 7.47. The quantitative estimate of drug-likeness (QED) is 0.600. The Morgan fingerprint density at radius 1 is 1.45 bits per heavy atom. The molecular weight excluding hydrogens is 204 g/mol. The van der Waals surface area contributed by atoms with Crippen LogP contribution < -0.4 is 0 Å². The summed E-state index contributed by atoms with van der Waals surface area (Å²) in [5.41, 5.74) is 2.86. The molecule has 3 rings (SSSR count). The molecule has 1 saturated heterocycles.